The fraction of sp³-hybridized carbons (Fsp3) is 0.667. The summed E-state index contributed by atoms with van der Waals surface area (Å²) in [6, 6.07) is 1.90. The van der Waals surface area contributed by atoms with Crippen LogP contribution in [0.2, 0.25) is 0 Å². The van der Waals surface area contributed by atoms with Crippen molar-refractivity contribution in [2.24, 2.45) is 0 Å². The number of hydrogen-bond acceptors (Lipinski definition) is 2. The average molecular weight is 385 g/mol. The summed E-state index contributed by atoms with van der Waals surface area (Å²) in [4.78, 5) is 26.0. The van der Waals surface area contributed by atoms with Gasteiger partial charge in [-0.15, -0.1) is 0 Å². The molecule has 0 spiro atoms. The Labute approximate surface area is 169 Å². The monoisotopic (exact) mass is 384 g/mol. The molecule has 0 unspecified atom stereocenters. The van der Waals surface area contributed by atoms with Crippen molar-refractivity contribution in [3.63, 3.8) is 0 Å². The van der Waals surface area contributed by atoms with Crippen LogP contribution in [0.15, 0.2) is 22.5 Å². The lowest BCUT2D eigenvalue weighted by Crippen LogP contribution is -2.36. The summed E-state index contributed by atoms with van der Waals surface area (Å²) in [6.07, 6.45) is 16.8. The van der Waals surface area contributed by atoms with Crippen LogP contribution in [0.1, 0.15) is 99.2 Å². The molecule has 0 aromatic carbocycles. The number of amides is 1. The molecule has 0 radical (unpaired) electrons. The quantitative estimate of drug-likeness (QED) is 0.678. The highest BCUT2D eigenvalue weighted by Gasteiger charge is 2.20. The number of fused-ring (bicyclic) bond motifs is 1. The summed E-state index contributed by atoms with van der Waals surface area (Å²) in [6.45, 7) is 3.49. The largest absolute Gasteiger partial charge is 0.352 e. The number of aromatic nitrogens is 1. The minimum absolute atomic E-state index is 0.0952. The van der Waals surface area contributed by atoms with E-state index in [0.717, 1.165) is 64.3 Å². The minimum Gasteiger partial charge on any atom is -0.352 e. The molecule has 1 aromatic rings. The van der Waals surface area contributed by atoms with Crippen LogP contribution in [0.3, 0.4) is 0 Å². The van der Waals surface area contributed by atoms with Crippen LogP contribution >= 0.6 is 0 Å². The third-order valence-electron chi connectivity index (χ3n) is 6.20. The molecular formula is C24H36N2O2. The smallest absolute Gasteiger partial charge is 0.263 e. The molecule has 2 aliphatic carbocycles. The Hall–Kier alpha value is -1.84. The Morgan fingerprint density at radius 2 is 1.86 bits per heavy atom. The standard InChI is InChI=1S/C24H36N2O2/c1-2-3-17-26-22-14-10-5-4-9-13-20(22)18-21(24(26)28)23(27)25-16-15-19-11-7-6-8-12-19/h11,18H,2-10,12-17H2,1H3,(H,25,27). The summed E-state index contributed by atoms with van der Waals surface area (Å²) >= 11 is 0. The number of carbonyl (C=O) groups is 1. The van der Waals surface area contributed by atoms with Crippen molar-refractivity contribution in [2.45, 2.75) is 96.9 Å². The first-order chi connectivity index (χ1) is 13.7. The first kappa shape index (κ1) is 20.9. The van der Waals surface area contributed by atoms with Gasteiger partial charge in [-0.25, -0.2) is 0 Å². The highest BCUT2D eigenvalue weighted by atomic mass is 16.2. The van der Waals surface area contributed by atoms with E-state index >= 15 is 0 Å². The molecule has 3 rings (SSSR count). The van der Waals surface area contributed by atoms with Crippen LogP contribution in [-0.4, -0.2) is 17.0 Å². The van der Waals surface area contributed by atoms with Crippen LogP contribution in [0.4, 0.5) is 0 Å². The van der Waals surface area contributed by atoms with Gasteiger partial charge in [-0.3, -0.25) is 9.59 Å². The van der Waals surface area contributed by atoms with Crippen molar-refractivity contribution in [2.75, 3.05) is 6.54 Å². The summed E-state index contributed by atoms with van der Waals surface area (Å²) in [5.74, 6) is -0.198. The second kappa shape index (κ2) is 10.6. The number of hydrogen-bond donors (Lipinski definition) is 1. The molecule has 1 aromatic heterocycles. The predicted molar refractivity (Wildman–Crippen MR) is 115 cm³/mol. The molecule has 28 heavy (non-hydrogen) atoms. The summed E-state index contributed by atoms with van der Waals surface area (Å²) in [5, 5.41) is 3.01. The molecule has 4 heteroatoms. The third kappa shape index (κ3) is 5.36. The molecule has 0 aliphatic heterocycles. The molecule has 1 N–H and O–H groups in total. The average Bonchev–Trinajstić information content (AvgIpc) is 2.69. The van der Waals surface area contributed by atoms with E-state index in [4.69, 9.17) is 0 Å². The number of rotatable bonds is 7. The van der Waals surface area contributed by atoms with E-state index in [1.807, 2.05) is 10.6 Å². The van der Waals surface area contributed by atoms with Gasteiger partial charge in [0.2, 0.25) is 0 Å². The van der Waals surface area contributed by atoms with Crippen LogP contribution in [0.5, 0.6) is 0 Å². The van der Waals surface area contributed by atoms with E-state index in [1.165, 1.54) is 42.5 Å². The highest BCUT2D eigenvalue weighted by Crippen LogP contribution is 2.21. The van der Waals surface area contributed by atoms with E-state index in [2.05, 4.69) is 18.3 Å². The zero-order valence-electron chi connectivity index (χ0n) is 17.5. The molecule has 0 saturated heterocycles. The molecule has 4 nitrogen and oxygen atoms in total. The van der Waals surface area contributed by atoms with Crippen molar-refractivity contribution < 1.29 is 4.79 Å². The van der Waals surface area contributed by atoms with Crippen molar-refractivity contribution >= 4 is 5.91 Å². The molecule has 154 valence electrons. The Kier molecular flexibility index (Phi) is 7.93. The Morgan fingerprint density at radius 3 is 2.61 bits per heavy atom. The molecule has 0 bridgehead atoms. The Balaban J connectivity index is 1.78. The van der Waals surface area contributed by atoms with E-state index in [1.54, 1.807) is 0 Å². The topological polar surface area (TPSA) is 51.1 Å². The van der Waals surface area contributed by atoms with Crippen molar-refractivity contribution in [1.29, 1.82) is 0 Å². The maximum atomic E-state index is 13.1. The Morgan fingerprint density at radius 1 is 1.07 bits per heavy atom. The van der Waals surface area contributed by atoms with Gasteiger partial charge in [0.15, 0.2) is 0 Å². The molecule has 1 heterocycles. The van der Waals surface area contributed by atoms with Crippen molar-refractivity contribution in [3.8, 4) is 0 Å². The van der Waals surface area contributed by atoms with Gasteiger partial charge in [-0.05, 0) is 75.8 Å². The fourth-order valence-corrected chi connectivity index (χ4v) is 4.51. The van der Waals surface area contributed by atoms with Crippen molar-refractivity contribution in [3.05, 3.63) is 44.9 Å². The summed E-state index contributed by atoms with van der Waals surface area (Å²) in [5.41, 5.74) is 4.10. The first-order valence-electron chi connectivity index (χ1n) is 11.4. The van der Waals surface area contributed by atoms with Crippen LogP contribution in [-0.2, 0) is 19.4 Å². The predicted octanol–water partition coefficient (Wildman–Crippen LogP) is 4.93. The number of allylic oxidation sites excluding steroid dienone is 1. The van der Waals surface area contributed by atoms with Gasteiger partial charge in [0.25, 0.3) is 11.5 Å². The van der Waals surface area contributed by atoms with Gasteiger partial charge in [-0.1, -0.05) is 37.8 Å². The Bertz CT molecular complexity index is 761. The molecule has 0 saturated carbocycles. The van der Waals surface area contributed by atoms with Gasteiger partial charge in [0, 0.05) is 18.8 Å². The van der Waals surface area contributed by atoms with Gasteiger partial charge in [0.1, 0.15) is 5.56 Å². The zero-order chi connectivity index (χ0) is 19.8. The SMILES string of the molecule is CCCCn1c2c(cc(C(=O)NCCC3=CCCCC3)c1=O)CCCCCC2. The second-order valence-corrected chi connectivity index (χ2v) is 8.37. The normalized spacial score (nSPS) is 17.2. The zero-order valence-corrected chi connectivity index (χ0v) is 17.5. The number of carbonyl (C=O) groups excluding carboxylic acids is 1. The fourth-order valence-electron chi connectivity index (χ4n) is 4.51. The summed E-state index contributed by atoms with van der Waals surface area (Å²) < 4.78 is 1.92. The lowest BCUT2D eigenvalue weighted by Gasteiger charge is -2.21. The van der Waals surface area contributed by atoms with Crippen molar-refractivity contribution in [1.82, 2.24) is 9.88 Å². The van der Waals surface area contributed by atoms with Crippen LogP contribution in [0.25, 0.3) is 0 Å². The van der Waals surface area contributed by atoms with Crippen LogP contribution in [0, 0.1) is 0 Å². The molecule has 1 amide bonds. The number of pyridine rings is 1. The maximum absolute atomic E-state index is 13.1. The molecule has 0 atom stereocenters. The van der Waals surface area contributed by atoms with E-state index in [9.17, 15) is 9.59 Å². The van der Waals surface area contributed by atoms with E-state index in [-0.39, 0.29) is 11.5 Å². The lowest BCUT2D eigenvalue weighted by molar-refractivity contribution is 0.0951. The minimum atomic E-state index is -0.198. The number of nitrogens with zero attached hydrogens (tertiary/aromatic N) is 1. The highest BCUT2D eigenvalue weighted by molar-refractivity contribution is 5.94. The third-order valence-corrected chi connectivity index (χ3v) is 6.20. The van der Waals surface area contributed by atoms with Crippen LogP contribution < -0.4 is 10.9 Å². The molecule has 2 aliphatic rings. The molecule has 0 fully saturated rings. The van der Waals surface area contributed by atoms with Gasteiger partial charge >= 0.3 is 0 Å². The number of aryl methyl sites for hydroxylation is 1. The van der Waals surface area contributed by atoms with E-state index < -0.39 is 0 Å². The maximum Gasteiger partial charge on any atom is 0.263 e. The number of nitrogens with one attached hydrogen (secondary N) is 1. The number of unbranched alkanes of at least 4 members (excludes halogenated alkanes) is 1. The van der Waals surface area contributed by atoms with Gasteiger partial charge < -0.3 is 9.88 Å². The van der Waals surface area contributed by atoms with Gasteiger partial charge in [-0.2, -0.15) is 0 Å². The van der Waals surface area contributed by atoms with E-state index in [0.29, 0.717) is 12.1 Å². The second-order valence-electron chi connectivity index (χ2n) is 8.37. The summed E-state index contributed by atoms with van der Waals surface area (Å²) in [7, 11) is 0. The first-order valence-corrected chi connectivity index (χ1v) is 11.4. The molecular weight excluding hydrogens is 348 g/mol. The lowest BCUT2D eigenvalue weighted by atomic mass is 9.95. The van der Waals surface area contributed by atoms with Gasteiger partial charge in [0.05, 0.1) is 0 Å².